The predicted molar refractivity (Wildman–Crippen MR) is 278 cm³/mol. The summed E-state index contributed by atoms with van der Waals surface area (Å²) >= 11 is 0. The van der Waals surface area contributed by atoms with Crippen molar-refractivity contribution in [2.45, 2.75) is 244 Å². The Balaban J connectivity index is -0.0000000159. The average molecular weight is 792 g/mol. The first kappa shape index (κ1) is 175. The Morgan fingerprint density at radius 2 is 0.849 bits per heavy atom. The van der Waals surface area contributed by atoms with Gasteiger partial charge in [0.05, 0.1) is 20.8 Å². The van der Waals surface area contributed by atoms with Crippen molar-refractivity contribution >= 4 is 5.78 Å². The van der Waals surface area contributed by atoms with E-state index in [4.69, 9.17) is 14.6 Å². The largest absolute Gasteiger partial charge is 0.494 e. The zero-order valence-electron chi connectivity index (χ0n) is 18.8. The fourth-order valence-corrected chi connectivity index (χ4v) is 3.57. The summed E-state index contributed by atoms with van der Waals surface area (Å²) in [5.41, 5.74) is 3.61. The Hall–Kier alpha value is -1.85. The average Bonchev–Trinajstić information content (AvgIpc) is 2.70. The second-order valence-electron chi connectivity index (χ2n) is 7.99. The van der Waals surface area contributed by atoms with Crippen LogP contribution in [0.15, 0.2) is 46.5 Å². The van der Waals surface area contributed by atoms with Crippen LogP contribution < -0.4 is 0 Å². The minimum absolute atomic E-state index is 0. The third-order valence-corrected chi connectivity index (χ3v) is 5.65. The molecular formula is C48H134O5. The number of ketones is 1. The number of allylic oxidation sites excluding steroid dienone is 6. The number of hydrogen-bond donors (Lipinski definition) is 2. The predicted octanol–water partition coefficient (Wildman–Crippen LogP) is 19.7. The van der Waals surface area contributed by atoms with E-state index in [1.54, 1.807) is 0 Å². The Bertz CT molecular complexity index is 673. The topological polar surface area (TPSA) is 76.0 Å². The van der Waals surface area contributed by atoms with Gasteiger partial charge < -0.3 is 19.7 Å². The fraction of sp³-hybridized carbons (Fsp3) is 0.812. The third kappa shape index (κ3) is 57.0. The van der Waals surface area contributed by atoms with Gasteiger partial charge in [-0.15, -0.1) is 0 Å². The molecule has 0 aliphatic heterocycles. The lowest BCUT2D eigenvalue weighted by atomic mass is 9.77. The summed E-state index contributed by atoms with van der Waals surface area (Å²) in [5, 5.41) is 19.7. The van der Waals surface area contributed by atoms with Gasteiger partial charge in [-0.25, -0.2) is 0 Å². The molecule has 0 unspecified atom stereocenters. The number of aliphatic hydroxyl groups excluding tert-OH is 2. The summed E-state index contributed by atoms with van der Waals surface area (Å²) < 4.78 is 10.4. The highest BCUT2D eigenvalue weighted by molar-refractivity contribution is 5.97. The van der Waals surface area contributed by atoms with E-state index in [9.17, 15) is 9.90 Å². The van der Waals surface area contributed by atoms with Crippen molar-refractivity contribution in [1.29, 1.82) is 0 Å². The van der Waals surface area contributed by atoms with Gasteiger partial charge in [0.15, 0.2) is 5.76 Å². The van der Waals surface area contributed by atoms with Crippen molar-refractivity contribution in [3.63, 3.8) is 0 Å². The standard InChI is InChI=1S/C24H38O5.24CH4/c1-16(10-8-12-18(3)15-25)9-7-11-17(2)13-14-20-19(4)21(26)23(28-5)24(29-6)22(20)27;;;;;;;;;;;;;;;;;;;;;;;;/h9,12-13,19-20,22,25,27H,7-8,10-11,14-15H2,1-6H3;24*1H4/b16-9+,17-13+,18-12+;;;;;;;;;;;;;;;;;;;;;;;;/t19-,20-,22-;;;;;;;;;;;;;;;;;;;;;;;;/m1......................../s1. The van der Waals surface area contributed by atoms with E-state index in [0.717, 1.165) is 31.3 Å². The molecule has 356 valence electrons. The normalized spacial score (nSPS) is 13.2. The minimum Gasteiger partial charge on any atom is -0.494 e. The first-order valence-electron chi connectivity index (χ1n) is 10.4. The van der Waals surface area contributed by atoms with Gasteiger partial charge in [-0.3, -0.25) is 4.79 Å². The van der Waals surface area contributed by atoms with Crippen LogP contribution in [0.4, 0.5) is 0 Å². The lowest BCUT2D eigenvalue weighted by Gasteiger charge is -2.33. The van der Waals surface area contributed by atoms with Crippen LogP contribution in [0.25, 0.3) is 0 Å². The van der Waals surface area contributed by atoms with Crippen molar-refractivity contribution in [3.05, 3.63) is 46.5 Å². The Morgan fingerprint density at radius 1 is 0.547 bits per heavy atom. The molecule has 0 aromatic heterocycles. The molecule has 0 radical (unpaired) electrons. The molecule has 1 aliphatic carbocycles. The number of carbonyl (C=O) groups is 1. The van der Waals surface area contributed by atoms with Crippen LogP contribution in [-0.2, 0) is 14.3 Å². The van der Waals surface area contributed by atoms with E-state index in [1.165, 1.54) is 25.4 Å². The molecule has 0 aromatic rings. The lowest BCUT2D eigenvalue weighted by molar-refractivity contribution is -0.128. The number of carbonyl (C=O) groups excluding carboxylic acids is 1. The molecule has 0 spiro atoms. The highest BCUT2D eigenvalue weighted by Gasteiger charge is 2.42. The second kappa shape index (κ2) is 92.7. The van der Waals surface area contributed by atoms with Crippen molar-refractivity contribution in [3.8, 4) is 0 Å². The molecule has 3 atom stereocenters. The summed E-state index contributed by atoms with van der Waals surface area (Å²) in [6.07, 6.45) is 10.1. The van der Waals surface area contributed by atoms with Crippen LogP contribution in [0.1, 0.15) is 238 Å². The molecule has 0 saturated heterocycles. The number of hydrogen-bond acceptors (Lipinski definition) is 5. The summed E-state index contributed by atoms with van der Waals surface area (Å²) in [7, 11) is 2.88. The SMILES string of the molecule is C.C.C.C.C.C.C.C.C.C.C.C.C.C.C.C.C.C.C.C.C.C.C.C.COC1=C(OC)[C@H](O)[C@H](C/C=C(\C)CC/C=C(\C)CC/C=C(\C)CO)[C@@H](C)C1=O. The van der Waals surface area contributed by atoms with Gasteiger partial charge in [-0.2, -0.15) is 0 Å². The second-order valence-corrected chi connectivity index (χ2v) is 7.99. The van der Waals surface area contributed by atoms with E-state index < -0.39 is 6.10 Å². The zero-order chi connectivity index (χ0) is 22.0. The van der Waals surface area contributed by atoms with Gasteiger partial charge in [0.1, 0.15) is 6.10 Å². The highest BCUT2D eigenvalue weighted by Crippen LogP contribution is 2.35. The van der Waals surface area contributed by atoms with Crippen molar-refractivity contribution in [1.82, 2.24) is 0 Å². The molecular weight excluding hydrogens is 657 g/mol. The first-order valence-corrected chi connectivity index (χ1v) is 10.4. The van der Waals surface area contributed by atoms with Crippen molar-refractivity contribution in [2.24, 2.45) is 11.8 Å². The Kier molecular flexibility index (Phi) is 305. The van der Waals surface area contributed by atoms with Crippen LogP contribution in [-0.4, -0.2) is 42.9 Å². The van der Waals surface area contributed by atoms with E-state index >= 15 is 0 Å². The number of rotatable bonds is 11. The Morgan fingerprint density at radius 3 is 1.13 bits per heavy atom. The van der Waals surface area contributed by atoms with Crippen LogP contribution in [0, 0.1) is 11.8 Å². The zero-order valence-corrected chi connectivity index (χ0v) is 18.8. The third-order valence-electron chi connectivity index (χ3n) is 5.65. The molecule has 1 aliphatic rings. The maximum Gasteiger partial charge on any atom is 0.204 e. The van der Waals surface area contributed by atoms with Gasteiger partial charge in [0.25, 0.3) is 0 Å². The van der Waals surface area contributed by atoms with E-state index in [2.05, 4.69) is 32.1 Å². The maximum absolute atomic E-state index is 12.5. The van der Waals surface area contributed by atoms with Gasteiger partial charge in [-0.05, 0) is 52.9 Å². The van der Waals surface area contributed by atoms with Crippen molar-refractivity contribution in [2.75, 3.05) is 20.8 Å². The molecule has 53 heavy (non-hydrogen) atoms. The monoisotopic (exact) mass is 791 g/mol. The molecule has 1 rings (SSSR count). The van der Waals surface area contributed by atoms with E-state index in [0.29, 0.717) is 6.42 Å². The number of aliphatic hydroxyl groups is 2. The van der Waals surface area contributed by atoms with Crippen LogP contribution in [0.5, 0.6) is 0 Å². The van der Waals surface area contributed by atoms with E-state index in [1.807, 2.05) is 13.8 Å². The number of ether oxygens (including phenoxy) is 2. The summed E-state index contributed by atoms with van der Waals surface area (Å²) in [4.78, 5) is 12.5. The van der Waals surface area contributed by atoms with Crippen LogP contribution in [0.2, 0.25) is 0 Å². The minimum atomic E-state index is -0.843. The molecule has 5 heteroatoms. The molecule has 2 N–H and O–H groups in total. The quantitative estimate of drug-likeness (QED) is 0.204. The molecule has 0 heterocycles. The van der Waals surface area contributed by atoms with Gasteiger partial charge in [-0.1, -0.05) is 220 Å². The van der Waals surface area contributed by atoms with Crippen LogP contribution in [0.3, 0.4) is 0 Å². The molecule has 0 amide bonds. The molecule has 0 fully saturated rings. The summed E-state index contributed by atoms with van der Waals surface area (Å²) in [6, 6.07) is 0. The van der Waals surface area contributed by atoms with Gasteiger partial charge in [0.2, 0.25) is 11.5 Å². The number of methoxy groups -OCH3 is 2. The maximum atomic E-state index is 12.5. The molecule has 0 bridgehead atoms. The van der Waals surface area contributed by atoms with Crippen LogP contribution >= 0.6 is 0 Å². The van der Waals surface area contributed by atoms with E-state index in [-0.39, 0.29) is 214 Å². The van der Waals surface area contributed by atoms with Crippen molar-refractivity contribution < 1.29 is 24.5 Å². The van der Waals surface area contributed by atoms with Gasteiger partial charge in [0, 0.05) is 11.8 Å². The fourth-order valence-electron chi connectivity index (χ4n) is 3.57. The number of Topliss-reactive ketones (excluding diaryl/α,β-unsaturated/α-hetero) is 1. The Labute approximate surface area is 352 Å². The summed E-state index contributed by atoms with van der Waals surface area (Å²) in [5.74, 6) is -0.287. The summed E-state index contributed by atoms with van der Waals surface area (Å²) in [6.45, 7) is 8.13. The molecule has 0 saturated carbocycles. The first-order chi connectivity index (χ1) is 13.8. The highest BCUT2D eigenvalue weighted by atomic mass is 16.5. The van der Waals surface area contributed by atoms with Gasteiger partial charge >= 0.3 is 0 Å². The molecule has 5 nitrogen and oxygen atoms in total. The smallest absolute Gasteiger partial charge is 0.204 e. The molecule has 0 aromatic carbocycles. The lowest BCUT2D eigenvalue weighted by Crippen LogP contribution is -2.40.